The summed E-state index contributed by atoms with van der Waals surface area (Å²) in [6.45, 7) is 5.43. The van der Waals surface area contributed by atoms with Gasteiger partial charge in [-0.15, -0.1) is 0 Å². The Labute approximate surface area is 122 Å². The lowest BCUT2D eigenvalue weighted by atomic mass is 10.2. The van der Waals surface area contributed by atoms with Crippen LogP contribution in [0.3, 0.4) is 0 Å². The van der Waals surface area contributed by atoms with Crippen LogP contribution in [0.15, 0.2) is 59.5 Å². The topological polar surface area (TPSA) is 55.1 Å². The predicted molar refractivity (Wildman–Crippen MR) is 83.0 cm³/mol. The Hall–Kier alpha value is -2.88. The summed E-state index contributed by atoms with van der Waals surface area (Å²) in [7, 11) is 0. The first-order valence-electron chi connectivity index (χ1n) is 6.57. The highest BCUT2D eigenvalue weighted by Gasteiger charge is 2.08. The molecule has 2 aromatic carbocycles. The summed E-state index contributed by atoms with van der Waals surface area (Å²) >= 11 is 0. The molecule has 0 spiro atoms. The number of carbonyl (C=O) groups excluding carboxylic acids is 1. The number of benzene rings is 2. The number of nitrogens with zero attached hydrogens (tertiary/aromatic N) is 1. The fourth-order valence-corrected chi connectivity index (χ4v) is 2.05. The van der Waals surface area contributed by atoms with Crippen molar-refractivity contribution < 1.29 is 9.21 Å². The summed E-state index contributed by atoms with van der Waals surface area (Å²) in [5.41, 5.74) is 4.31. The van der Waals surface area contributed by atoms with Gasteiger partial charge in [-0.1, -0.05) is 12.6 Å². The second kappa shape index (κ2) is 5.25. The fourth-order valence-electron chi connectivity index (χ4n) is 2.05. The largest absolute Gasteiger partial charge is 0.436 e. The smallest absolute Gasteiger partial charge is 0.247 e. The number of anilines is 1. The molecular weight excluding hydrogens is 264 g/mol. The Morgan fingerprint density at radius 1 is 1.24 bits per heavy atom. The van der Waals surface area contributed by atoms with Crippen LogP contribution < -0.4 is 5.32 Å². The van der Waals surface area contributed by atoms with Gasteiger partial charge in [-0.25, -0.2) is 4.98 Å². The third-order valence-corrected chi connectivity index (χ3v) is 3.13. The first-order valence-corrected chi connectivity index (χ1v) is 6.57. The molecule has 1 amide bonds. The molecule has 0 saturated heterocycles. The van der Waals surface area contributed by atoms with E-state index in [1.54, 1.807) is 12.1 Å². The summed E-state index contributed by atoms with van der Waals surface area (Å²) in [5.74, 6) is 0.331. The molecule has 0 aliphatic carbocycles. The molecule has 4 heteroatoms. The van der Waals surface area contributed by atoms with Gasteiger partial charge < -0.3 is 9.73 Å². The molecule has 0 fully saturated rings. The molecule has 3 rings (SSSR count). The number of hydrogen-bond donors (Lipinski definition) is 1. The second-order valence-electron chi connectivity index (χ2n) is 4.76. The molecule has 0 saturated carbocycles. The van der Waals surface area contributed by atoms with Crippen molar-refractivity contribution in [3.63, 3.8) is 0 Å². The van der Waals surface area contributed by atoms with Crippen molar-refractivity contribution in [1.82, 2.24) is 4.98 Å². The predicted octanol–water partition coefficient (Wildman–Crippen LogP) is 3.93. The summed E-state index contributed by atoms with van der Waals surface area (Å²) in [6.07, 6.45) is 1.23. The number of carbonyl (C=O) groups is 1. The maximum atomic E-state index is 11.2. The number of aromatic nitrogens is 1. The molecule has 0 radical (unpaired) electrons. The van der Waals surface area contributed by atoms with E-state index in [2.05, 4.69) is 16.9 Å². The van der Waals surface area contributed by atoms with Crippen LogP contribution in [0.5, 0.6) is 0 Å². The lowest BCUT2D eigenvalue weighted by molar-refractivity contribution is -0.111. The van der Waals surface area contributed by atoms with Gasteiger partial charge in [0.05, 0.1) is 0 Å². The highest BCUT2D eigenvalue weighted by atomic mass is 16.3. The second-order valence-corrected chi connectivity index (χ2v) is 4.76. The van der Waals surface area contributed by atoms with Crippen LogP contribution in [0.2, 0.25) is 0 Å². The minimum atomic E-state index is -0.236. The van der Waals surface area contributed by atoms with Gasteiger partial charge in [-0.05, 0) is 55.0 Å². The van der Waals surface area contributed by atoms with Gasteiger partial charge in [-0.3, -0.25) is 4.79 Å². The van der Waals surface area contributed by atoms with E-state index in [-0.39, 0.29) is 5.91 Å². The van der Waals surface area contributed by atoms with E-state index in [0.29, 0.717) is 11.6 Å². The minimum absolute atomic E-state index is 0.236. The zero-order chi connectivity index (χ0) is 14.8. The zero-order valence-corrected chi connectivity index (χ0v) is 11.6. The Bertz CT molecular complexity index is 816. The standard InChI is InChI=1S/C17H14N2O2/c1-3-16(20)18-13-7-5-12(6-8-13)17-19-14-10-11(2)4-9-15(14)21-17/h3-10H,1H2,2H3,(H,18,20). The van der Waals surface area contributed by atoms with Crippen LogP contribution in [0.25, 0.3) is 22.6 Å². The van der Waals surface area contributed by atoms with Crippen molar-refractivity contribution in [3.8, 4) is 11.5 Å². The summed E-state index contributed by atoms with van der Waals surface area (Å²) in [4.78, 5) is 15.7. The highest BCUT2D eigenvalue weighted by Crippen LogP contribution is 2.25. The normalized spacial score (nSPS) is 10.5. The van der Waals surface area contributed by atoms with E-state index in [0.717, 1.165) is 22.2 Å². The van der Waals surface area contributed by atoms with Crippen LogP contribution in [0.4, 0.5) is 5.69 Å². The average molecular weight is 278 g/mol. The van der Waals surface area contributed by atoms with Gasteiger partial charge in [0.25, 0.3) is 0 Å². The van der Waals surface area contributed by atoms with E-state index in [4.69, 9.17) is 4.42 Å². The number of hydrogen-bond acceptors (Lipinski definition) is 3. The van der Waals surface area contributed by atoms with E-state index in [9.17, 15) is 4.79 Å². The minimum Gasteiger partial charge on any atom is -0.436 e. The summed E-state index contributed by atoms with van der Waals surface area (Å²) in [5, 5.41) is 2.70. The van der Waals surface area contributed by atoms with Crippen molar-refractivity contribution in [1.29, 1.82) is 0 Å². The number of fused-ring (bicyclic) bond motifs is 1. The Balaban J connectivity index is 1.91. The molecule has 0 atom stereocenters. The van der Waals surface area contributed by atoms with Crippen molar-refractivity contribution in [3.05, 3.63) is 60.7 Å². The Morgan fingerprint density at radius 3 is 2.71 bits per heavy atom. The van der Waals surface area contributed by atoms with E-state index in [1.807, 2.05) is 37.3 Å². The first kappa shape index (κ1) is 13.1. The van der Waals surface area contributed by atoms with Gasteiger partial charge >= 0.3 is 0 Å². The number of aryl methyl sites for hydroxylation is 1. The summed E-state index contributed by atoms with van der Waals surface area (Å²) < 4.78 is 5.74. The number of rotatable bonds is 3. The third-order valence-electron chi connectivity index (χ3n) is 3.13. The van der Waals surface area contributed by atoms with Crippen LogP contribution in [0.1, 0.15) is 5.56 Å². The maximum absolute atomic E-state index is 11.2. The van der Waals surface area contributed by atoms with Crippen LogP contribution in [0, 0.1) is 6.92 Å². The van der Waals surface area contributed by atoms with E-state index < -0.39 is 0 Å². The van der Waals surface area contributed by atoms with Crippen LogP contribution in [-0.4, -0.2) is 10.9 Å². The van der Waals surface area contributed by atoms with Crippen molar-refractivity contribution >= 4 is 22.7 Å². The van der Waals surface area contributed by atoms with Gasteiger partial charge in [0.1, 0.15) is 5.52 Å². The SMILES string of the molecule is C=CC(=O)Nc1ccc(-c2nc3cc(C)ccc3o2)cc1. The molecule has 1 N–H and O–H groups in total. The quantitative estimate of drug-likeness (QED) is 0.738. The Morgan fingerprint density at radius 2 is 2.00 bits per heavy atom. The zero-order valence-electron chi connectivity index (χ0n) is 11.6. The third kappa shape index (κ3) is 2.69. The van der Waals surface area contributed by atoms with Crippen molar-refractivity contribution in [2.24, 2.45) is 0 Å². The van der Waals surface area contributed by atoms with Crippen LogP contribution >= 0.6 is 0 Å². The average Bonchev–Trinajstić information content (AvgIpc) is 2.90. The lowest BCUT2D eigenvalue weighted by Gasteiger charge is -2.02. The molecule has 21 heavy (non-hydrogen) atoms. The van der Waals surface area contributed by atoms with Gasteiger partial charge in [0, 0.05) is 11.3 Å². The van der Waals surface area contributed by atoms with E-state index >= 15 is 0 Å². The molecule has 1 heterocycles. The molecule has 4 nitrogen and oxygen atoms in total. The number of oxazole rings is 1. The van der Waals surface area contributed by atoms with E-state index in [1.165, 1.54) is 6.08 Å². The molecule has 104 valence electrons. The first-order chi connectivity index (χ1) is 10.2. The number of nitrogens with one attached hydrogen (secondary N) is 1. The van der Waals surface area contributed by atoms with Gasteiger partial charge in [0.2, 0.25) is 11.8 Å². The molecular formula is C17H14N2O2. The Kier molecular flexibility index (Phi) is 3.28. The fraction of sp³-hybridized carbons (Fsp3) is 0.0588. The van der Waals surface area contributed by atoms with Gasteiger partial charge in [-0.2, -0.15) is 0 Å². The summed E-state index contributed by atoms with van der Waals surface area (Å²) in [6, 6.07) is 13.2. The van der Waals surface area contributed by atoms with Crippen molar-refractivity contribution in [2.45, 2.75) is 6.92 Å². The molecule has 3 aromatic rings. The molecule has 0 aliphatic rings. The highest BCUT2D eigenvalue weighted by molar-refractivity contribution is 5.98. The number of amides is 1. The molecule has 0 unspecified atom stereocenters. The van der Waals surface area contributed by atoms with Crippen LogP contribution in [-0.2, 0) is 4.79 Å². The van der Waals surface area contributed by atoms with Crippen molar-refractivity contribution in [2.75, 3.05) is 5.32 Å². The monoisotopic (exact) mass is 278 g/mol. The maximum Gasteiger partial charge on any atom is 0.247 e. The molecule has 0 aliphatic heterocycles. The molecule has 0 bridgehead atoms. The van der Waals surface area contributed by atoms with Gasteiger partial charge in [0.15, 0.2) is 5.58 Å². The lowest BCUT2D eigenvalue weighted by Crippen LogP contribution is -2.06. The molecule has 1 aromatic heterocycles.